The van der Waals surface area contributed by atoms with Gasteiger partial charge in [0.05, 0.1) is 12.1 Å². The maximum Gasteiger partial charge on any atom is 0.407 e. The van der Waals surface area contributed by atoms with Crippen LogP contribution in [0.2, 0.25) is 0 Å². The smallest absolute Gasteiger partial charge is 0.407 e. The molecule has 5 heteroatoms. The van der Waals surface area contributed by atoms with Gasteiger partial charge < -0.3 is 15.2 Å². The monoisotopic (exact) mass is 311 g/mol. The number of nitrogens with one attached hydrogen (secondary N) is 1. The van der Waals surface area contributed by atoms with Crippen molar-refractivity contribution in [2.45, 2.75) is 65.2 Å². The second-order valence-corrected chi connectivity index (χ2v) is 6.44. The average molecular weight is 311 g/mol. The van der Waals surface area contributed by atoms with E-state index in [1.165, 1.54) is 6.07 Å². The molecule has 0 saturated heterocycles. The van der Waals surface area contributed by atoms with E-state index in [1.807, 2.05) is 6.92 Å². The summed E-state index contributed by atoms with van der Waals surface area (Å²) < 4.78 is 18.9. The number of hydrogen-bond donors (Lipinski definition) is 2. The first kappa shape index (κ1) is 18.4. The van der Waals surface area contributed by atoms with Crippen molar-refractivity contribution in [2.75, 3.05) is 0 Å². The van der Waals surface area contributed by atoms with Crippen molar-refractivity contribution in [1.82, 2.24) is 5.32 Å². The van der Waals surface area contributed by atoms with Gasteiger partial charge in [0, 0.05) is 0 Å². The average Bonchev–Trinajstić information content (AvgIpc) is 2.38. The molecule has 0 heterocycles. The number of hydrogen-bond acceptors (Lipinski definition) is 3. The predicted octanol–water partition coefficient (Wildman–Crippen LogP) is 3.86. The van der Waals surface area contributed by atoms with E-state index in [0.29, 0.717) is 17.5 Å². The number of amides is 1. The molecule has 2 N–H and O–H groups in total. The van der Waals surface area contributed by atoms with E-state index in [4.69, 9.17) is 4.74 Å². The van der Waals surface area contributed by atoms with Gasteiger partial charge in [-0.3, -0.25) is 0 Å². The van der Waals surface area contributed by atoms with Crippen LogP contribution in [-0.2, 0) is 4.74 Å². The van der Waals surface area contributed by atoms with Crippen molar-refractivity contribution in [1.29, 1.82) is 0 Å². The lowest BCUT2D eigenvalue weighted by atomic mass is 9.95. The lowest BCUT2D eigenvalue weighted by Crippen LogP contribution is -2.42. The Balaban J connectivity index is 2.90. The number of alkyl carbamates (subject to hydrolysis) is 1. The lowest BCUT2D eigenvalue weighted by Gasteiger charge is -2.27. The molecular weight excluding hydrogens is 285 g/mol. The Bertz CT molecular complexity index is 511. The summed E-state index contributed by atoms with van der Waals surface area (Å²) in [6.07, 6.45) is -0.232. The van der Waals surface area contributed by atoms with Gasteiger partial charge >= 0.3 is 6.09 Å². The summed E-state index contributed by atoms with van der Waals surface area (Å²) in [5.74, 6) is -0.371. The van der Waals surface area contributed by atoms with Crippen molar-refractivity contribution in [2.24, 2.45) is 0 Å². The summed E-state index contributed by atoms with van der Waals surface area (Å²) in [6.45, 7) is 8.89. The molecule has 0 fully saturated rings. The highest BCUT2D eigenvalue weighted by molar-refractivity contribution is 5.68. The number of carbonyl (C=O) groups excluding carboxylic acids is 1. The van der Waals surface area contributed by atoms with Crippen LogP contribution in [0.25, 0.3) is 0 Å². The molecular formula is C17H26FNO3. The molecule has 0 spiro atoms. The highest BCUT2D eigenvalue weighted by Crippen LogP contribution is 2.25. The predicted molar refractivity (Wildman–Crippen MR) is 84.2 cm³/mol. The summed E-state index contributed by atoms with van der Waals surface area (Å²) in [7, 11) is 0. The maximum absolute atomic E-state index is 13.7. The SMILES string of the molecule is CCCC(NC(=O)OC(C)(C)C)C(O)c1cccc(F)c1C. The number of aliphatic hydroxyl groups excluding tert-OH is 1. The van der Waals surface area contributed by atoms with Crippen molar-refractivity contribution >= 4 is 6.09 Å². The molecule has 0 aliphatic carbocycles. The van der Waals surface area contributed by atoms with Crippen LogP contribution >= 0.6 is 0 Å². The Morgan fingerprint density at radius 1 is 1.41 bits per heavy atom. The minimum Gasteiger partial charge on any atom is -0.444 e. The number of aliphatic hydroxyl groups is 1. The van der Waals surface area contributed by atoms with Crippen LogP contribution in [0.1, 0.15) is 57.8 Å². The van der Waals surface area contributed by atoms with Crippen LogP contribution in [0.3, 0.4) is 0 Å². The van der Waals surface area contributed by atoms with Crippen LogP contribution < -0.4 is 5.32 Å². The molecule has 0 bridgehead atoms. The third-order valence-corrected chi connectivity index (χ3v) is 3.31. The number of rotatable bonds is 5. The second kappa shape index (κ2) is 7.58. The zero-order valence-corrected chi connectivity index (χ0v) is 13.9. The lowest BCUT2D eigenvalue weighted by molar-refractivity contribution is 0.0412. The number of carbonyl (C=O) groups is 1. The largest absolute Gasteiger partial charge is 0.444 e. The van der Waals surface area contributed by atoms with Gasteiger partial charge in [0.15, 0.2) is 0 Å². The molecule has 0 saturated carbocycles. The molecule has 2 atom stereocenters. The number of benzene rings is 1. The highest BCUT2D eigenvalue weighted by Gasteiger charge is 2.26. The first-order valence-corrected chi connectivity index (χ1v) is 7.58. The molecule has 1 rings (SSSR count). The zero-order chi connectivity index (χ0) is 16.9. The topological polar surface area (TPSA) is 58.6 Å². The fourth-order valence-corrected chi connectivity index (χ4v) is 2.24. The number of halogens is 1. The Labute approximate surface area is 131 Å². The van der Waals surface area contributed by atoms with Crippen molar-refractivity contribution in [3.05, 3.63) is 35.1 Å². The Morgan fingerprint density at radius 2 is 2.05 bits per heavy atom. The summed E-state index contributed by atoms with van der Waals surface area (Å²) in [4.78, 5) is 11.9. The van der Waals surface area contributed by atoms with E-state index >= 15 is 0 Å². The van der Waals surface area contributed by atoms with Crippen LogP contribution in [0.5, 0.6) is 0 Å². The molecule has 1 aromatic carbocycles. The van der Waals surface area contributed by atoms with Crippen molar-refractivity contribution < 1.29 is 19.0 Å². The van der Waals surface area contributed by atoms with Crippen LogP contribution in [0.15, 0.2) is 18.2 Å². The van der Waals surface area contributed by atoms with Crippen LogP contribution in [-0.4, -0.2) is 22.8 Å². The van der Waals surface area contributed by atoms with E-state index in [-0.39, 0.29) is 5.82 Å². The summed E-state index contributed by atoms with van der Waals surface area (Å²) >= 11 is 0. The normalized spacial score (nSPS) is 14.3. The van der Waals surface area contributed by atoms with E-state index in [2.05, 4.69) is 5.32 Å². The minimum absolute atomic E-state index is 0.371. The molecule has 0 radical (unpaired) electrons. The molecule has 2 unspecified atom stereocenters. The first-order chi connectivity index (χ1) is 10.2. The van der Waals surface area contributed by atoms with Gasteiger partial charge in [-0.15, -0.1) is 0 Å². The van der Waals surface area contributed by atoms with Crippen LogP contribution in [0.4, 0.5) is 9.18 Å². The van der Waals surface area contributed by atoms with E-state index in [9.17, 15) is 14.3 Å². The summed E-state index contributed by atoms with van der Waals surface area (Å²) in [5, 5.41) is 13.2. The summed E-state index contributed by atoms with van der Waals surface area (Å²) in [5.41, 5.74) is 0.261. The zero-order valence-electron chi connectivity index (χ0n) is 13.9. The third-order valence-electron chi connectivity index (χ3n) is 3.31. The Hall–Kier alpha value is -1.62. The van der Waals surface area contributed by atoms with E-state index in [1.54, 1.807) is 39.8 Å². The molecule has 22 heavy (non-hydrogen) atoms. The first-order valence-electron chi connectivity index (χ1n) is 7.58. The Kier molecular flexibility index (Phi) is 6.35. The third kappa shape index (κ3) is 5.30. The van der Waals surface area contributed by atoms with Gasteiger partial charge in [-0.25, -0.2) is 9.18 Å². The number of ether oxygens (including phenoxy) is 1. The minimum atomic E-state index is -0.983. The van der Waals surface area contributed by atoms with Crippen LogP contribution in [0, 0.1) is 12.7 Å². The van der Waals surface area contributed by atoms with Gasteiger partial charge in [-0.2, -0.15) is 0 Å². The van der Waals surface area contributed by atoms with E-state index in [0.717, 1.165) is 6.42 Å². The van der Waals surface area contributed by atoms with Gasteiger partial charge in [0.2, 0.25) is 0 Å². The summed E-state index contributed by atoms with van der Waals surface area (Å²) in [6, 6.07) is 4.04. The van der Waals surface area contributed by atoms with Gasteiger partial charge in [-0.05, 0) is 51.3 Å². The quantitative estimate of drug-likeness (QED) is 0.868. The van der Waals surface area contributed by atoms with Crippen molar-refractivity contribution in [3.8, 4) is 0 Å². The highest BCUT2D eigenvalue weighted by atomic mass is 19.1. The van der Waals surface area contributed by atoms with Crippen molar-refractivity contribution in [3.63, 3.8) is 0 Å². The standard InChI is InChI=1S/C17H26FNO3/c1-6-8-14(19-16(21)22-17(3,4)5)15(20)12-9-7-10-13(18)11(12)2/h7,9-10,14-15,20H,6,8H2,1-5H3,(H,19,21). The molecule has 1 amide bonds. The maximum atomic E-state index is 13.7. The fourth-order valence-electron chi connectivity index (χ4n) is 2.24. The van der Waals surface area contributed by atoms with E-state index < -0.39 is 23.8 Å². The fraction of sp³-hybridized carbons (Fsp3) is 0.588. The van der Waals surface area contributed by atoms with Gasteiger partial charge in [0.1, 0.15) is 11.4 Å². The molecule has 0 aliphatic rings. The molecule has 0 aromatic heterocycles. The Morgan fingerprint density at radius 3 is 2.59 bits per heavy atom. The molecule has 124 valence electrons. The van der Waals surface area contributed by atoms with Gasteiger partial charge in [-0.1, -0.05) is 25.5 Å². The van der Waals surface area contributed by atoms with Gasteiger partial charge in [0.25, 0.3) is 0 Å². The molecule has 4 nitrogen and oxygen atoms in total. The molecule has 1 aromatic rings. The molecule has 0 aliphatic heterocycles. The second-order valence-electron chi connectivity index (χ2n) is 6.44.